The number of piperidine rings is 2. The molecule has 0 radical (unpaired) electrons. The van der Waals surface area contributed by atoms with E-state index < -0.39 is 0 Å². The molecule has 1 saturated carbocycles. The summed E-state index contributed by atoms with van der Waals surface area (Å²) in [5.41, 5.74) is -0.130. The van der Waals surface area contributed by atoms with Crippen molar-refractivity contribution in [1.82, 2.24) is 20.9 Å². The molecule has 1 aliphatic carbocycles. The highest BCUT2D eigenvalue weighted by Gasteiger charge is 2.60. The van der Waals surface area contributed by atoms with Crippen LogP contribution in [0.2, 0.25) is 0 Å². The van der Waals surface area contributed by atoms with Crippen molar-refractivity contribution in [2.45, 2.75) is 89.4 Å². The maximum atomic E-state index is 12.7. The zero-order valence-corrected chi connectivity index (χ0v) is 20.7. The third-order valence-electron chi connectivity index (χ3n) is 9.15. The van der Waals surface area contributed by atoms with Crippen LogP contribution in [0.3, 0.4) is 0 Å². The lowest BCUT2D eigenvalue weighted by Crippen LogP contribution is -2.75. The van der Waals surface area contributed by atoms with E-state index in [1.807, 2.05) is 0 Å². The summed E-state index contributed by atoms with van der Waals surface area (Å²) in [6, 6.07) is 0.346. The van der Waals surface area contributed by atoms with Crippen molar-refractivity contribution >= 4 is 11.8 Å². The molecule has 7 heteroatoms. The van der Waals surface area contributed by atoms with Gasteiger partial charge in [0.1, 0.15) is 0 Å². The lowest BCUT2D eigenvalue weighted by molar-refractivity contribution is -0.160. The number of amides is 2. The van der Waals surface area contributed by atoms with Gasteiger partial charge >= 0.3 is 0 Å². The van der Waals surface area contributed by atoms with Crippen LogP contribution < -0.4 is 16.0 Å². The summed E-state index contributed by atoms with van der Waals surface area (Å²) < 4.78 is 6.33. The van der Waals surface area contributed by atoms with Gasteiger partial charge in [-0.25, -0.2) is 0 Å². The van der Waals surface area contributed by atoms with Crippen molar-refractivity contribution in [3.8, 4) is 0 Å². The first-order valence-electron chi connectivity index (χ1n) is 12.8. The summed E-state index contributed by atoms with van der Waals surface area (Å²) in [6.07, 6.45) is 5.85. The first-order chi connectivity index (χ1) is 15.1. The minimum Gasteiger partial charge on any atom is -0.378 e. The molecule has 0 aromatic carbocycles. The molecule has 2 amide bonds. The Morgan fingerprint density at radius 3 is 2.53 bits per heavy atom. The smallest absolute Gasteiger partial charge is 0.223 e. The van der Waals surface area contributed by atoms with Gasteiger partial charge in [-0.3, -0.25) is 9.59 Å². The SMILES string of the molecule is CC(=O)N[C@]12CCO[C@@H](CCNC(=O)C3CCN(C)CC3)[C@@H]1CC1CC2[C@@H](C)NC1(C)C. The molecule has 4 aliphatic rings. The highest BCUT2D eigenvalue weighted by molar-refractivity contribution is 5.78. The first kappa shape index (κ1) is 24.0. The number of likely N-dealkylation sites (tertiary alicyclic amines) is 1. The number of hydrogen-bond acceptors (Lipinski definition) is 5. The summed E-state index contributed by atoms with van der Waals surface area (Å²) in [4.78, 5) is 27.3. The lowest BCUT2D eigenvalue weighted by Gasteiger charge is -2.63. The van der Waals surface area contributed by atoms with Crippen molar-refractivity contribution in [2.75, 3.05) is 33.3 Å². The molecular weight excluding hydrogens is 404 g/mol. The molecule has 182 valence electrons. The quantitative estimate of drug-likeness (QED) is 0.599. The number of carbonyl (C=O) groups is 2. The van der Waals surface area contributed by atoms with Crippen LogP contribution >= 0.6 is 0 Å². The van der Waals surface area contributed by atoms with Crippen molar-refractivity contribution in [2.24, 2.45) is 23.7 Å². The molecule has 3 saturated heterocycles. The average Bonchev–Trinajstić information content (AvgIpc) is 2.71. The van der Waals surface area contributed by atoms with Crippen molar-refractivity contribution in [3.63, 3.8) is 0 Å². The van der Waals surface area contributed by atoms with Crippen LogP contribution in [0.25, 0.3) is 0 Å². The van der Waals surface area contributed by atoms with Crippen LogP contribution in [0.1, 0.15) is 66.2 Å². The summed E-state index contributed by atoms with van der Waals surface area (Å²) in [5.74, 6) is 1.65. The molecule has 2 unspecified atom stereocenters. The zero-order chi connectivity index (χ0) is 23.1. The summed E-state index contributed by atoms with van der Waals surface area (Å²) in [6.45, 7) is 11.9. The fourth-order valence-corrected chi connectivity index (χ4v) is 7.41. The lowest BCUT2D eigenvalue weighted by atomic mass is 9.52. The molecule has 7 nitrogen and oxygen atoms in total. The fourth-order valence-electron chi connectivity index (χ4n) is 7.41. The molecule has 4 rings (SSSR count). The van der Waals surface area contributed by atoms with Crippen molar-refractivity contribution in [3.05, 3.63) is 0 Å². The molecule has 0 spiro atoms. The standard InChI is InChI=1S/C25H44N4O3/c1-16-20-14-19(24(3,4)27-16)15-21-22(32-13-9-25(20,21)28-17(2)30)6-10-26-23(31)18-7-11-29(5)12-8-18/h16,18-22,27H,6-15H2,1-5H3,(H,26,31)(H,28,30)/t16-,19?,20?,21+,22+,25+/m1/s1. The second kappa shape index (κ2) is 9.22. The van der Waals surface area contributed by atoms with E-state index >= 15 is 0 Å². The van der Waals surface area contributed by atoms with E-state index in [1.54, 1.807) is 6.92 Å². The van der Waals surface area contributed by atoms with E-state index in [2.05, 4.69) is 48.7 Å². The number of rotatable bonds is 5. The Balaban J connectivity index is 1.45. The summed E-state index contributed by atoms with van der Waals surface area (Å²) in [5, 5.41) is 10.5. The largest absolute Gasteiger partial charge is 0.378 e. The average molecular weight is 449 g/mol. The molecule has 3 aliphatic heterocycles. The van der Waals surface area contributed by atoms with Gasteiger partial charge in [0.2, 0.25) is 11.8 Å². The maximum Gasteiger partial charge on any atom is 0.223 e. The molecule has 0 aromatic rings. The third kappa shape index (κ3) is 4.58. The van der Waals surface area contributed by atoms with Gasteiger partial charge in [0, 0.05) is 43.5 Å². The summed E-state index contributed by atoms with van der Waals surface area (Å²) >= 11 is 0. The van der Waals surface area contributed by atoms with E-state index in [0.29, 0.717) is 31.0 Å². The topological polar surface area (TPSA) is 82.7 Å². The van der Waals surface area contributed by atoms with Crippen molar-refractivity contribution in [1.29, 1.82) is 0 Å². The minimum absolute atomic E-state index is 0.0571. The maximum absolute atomic E-state index is 12.7. The van der Waals surface area contributed by atoms with E-state index in [9.17, 15) is 9.59 Å². The normalized spacial score (nSPS) is 39.7. The Labute approximate surface area is 193 Å². The van der Waals surface area contributed by atoms with E-state index in [-0.39, 0.29) is 40.8 Å². The number of hydrogen-bond donors (Lipinski definition) is 3. The molecule has 6 atom stereocenters. The number of ether oxygens (including phenoxy) is 1. The Kier molecular flexibility index (Phi) is 6.91. The van der Waals surface area contributed by atoms with Crippen LogP contribution in [-0.2, 0) is 14.3 Å². The van der Waals surface area contributed by atoms with Gasteiger partial charge in [0.05, 0.1) is 11.6 Å². The van der Waals surface area contributed by atoms with Crippen LogP contribution in [0.15, 0.2) is 0 Å². The highest BCUT2D eigenvalue weighted by Crippen LogP contribution is 2.54. The van der Waals surface area contributed by atoms with Crippen LogP contribution in [0.5, 0.6) is 0 Å². The van der Waals surface area contributed by atoms with Crippen LogP contribution in [0.4, 0.5) is 0 Å². The minimum atomic E-state index is -0.216. The van der Waals surface area contributed by atoms with Crippen LogP contribution in [-0.4, -0.2) is 73.2 Å². The monoisotopic (exact) mass is 448 g/mol. The van der Waals surface area contributed by atoms with Gasteiger partial charge in [0.15, 0.2) is 0 Å². The Morgan fingerprint density at radius 2 is 1.84 bits per heavy atom. The predicted molar refractivity (Wildman–Crippen MR) is 125 cm³/mol. The Hall–Kier alpha value is -1.18. The molecule has 0 aromatic heterocycles. The summed E-state index contributed by atoms with van der Waals surface area (Å²) in [7, 11) is 2.12. The van der Waals surface area contributed by atoms with Crippen molar-refractivity contribution < 1.29 is 14.3 Å². The molecular formula is C25H44N4O3. The number of carbonyl (C=O) groups excluding carboxylic acids is 2. The number of fused-ring (bicyclic) bond motifs is 4. The number of nitrogens with zero attached hydrogens (tertiary/aromatic N) is 1. The van der Waals surface area contributed by atoms with Gasteiger partial charge in [-0.15, -0.1) is 0 Å². The highest BCUT2D eigenvalue weighted by atomic mass is 16.5. The fraction of sp³-hybridized carbons (Fsp3) is 0.920. The van der Waals surface area contributed by atoms with Gasteiger partial charge in [-0.1, -0.05) is 0 Å². The zero-order valence-electron chi connectivity index (χ0n) is 20.7. The predicted octanol–water partition coefficient (Wildman–Crippen LogP) is 1.91. The molecule has 32 heavy (non-hydrogen) atoms. The van der Waals surface area contributed by atoms with E-state index in [1.165, 1.54) is 0 Å². The second-order valence-corrected chi connectivity index (χ2v) is 11.6. The van der Waals surface area contributed by atoms with Gasteiger partial charge in [-0.05, 0) is 91.3 Å². The Bertz CT molecular complexity index is 705. The molecule has 2 bridgehead atoms. The van der Waals surface area contributed by atoms with E-state index in [4.69, 9.17) is 4.74 Å². The third-order valence-corrected chi connectivity index (χ3v) is 9.15. The molecule has 3 N–H and O–H groups in total. The second-order valence-electron chi connectivity index (χ2n) is 11.6. The van der Waals surface area contributed by atoms with Gasteiger partial charge in [0.25, 0.3) is 0 Å². The van der Waals surface area contributed by atoms with Gasteiger partial charge in [-0.2, -0.15) is 0 Å². The molecule has 3 heterocycles. The molecule has 4 fully saturated rings. The Morgan fingerprint density at radius 1 is 1.16 bits per heavy atom. The van der Waals surface area contributed by atoms with E-state index in [0.717, 1.165) is 51.6 Å². The van der Waals surface area contributed by atoms with Crippen LogP contribution in [0, 0.1) is 23.7 Å². The number of nitrogens with one attached hydrogen (secondary N) is 3. The first-order valence-corrected chi connectivity index (χ1v) is 12.8. The van der Waals surface area contributed by atoms with Gasteiger partial charge < -0.3 is 25.6 Å².